The van der Waals surface area contributed by atoms with Gasteiger partial charge in [0.15, 0.2) is 5.13 Å². The Labute approximate surface area is 181 Å². The summed E-state index contributed by atoms with van der Waals surface area (Å²) in [5.41, 5.74) is 9.69. The zero-order chi connectivity index (χ0) is 20.4. The average molecular weight is 441 g/mol. The number of amides is 1. The summed E-state index contributed by atoms with van der Waals surface area (Å²) in [4.78, 5) is 21.0. The number of aromatic nitrogens is 2. The van der Waals surface area contributed by atoms with Crippen LogP contribution in [0.15, 0.2) is 66.2 Å². The second kappa shape index (κ2) is 8.21. The molecule has 5 nitrogen and oxygen atoms in total. The van der Waals surface area contributed by atoms with Crippen molar-refractivity contribution >= 4 is 51.4 Å². The molecule has 2 aromatic carbocycles. The van der Waals surface area contributed by atoms with Gasteiger partial charge in [-0.25, -0.2) is 9.97 Å². The van der Waals surface area contributed by atoms with E-state index in [0.717, 1.165) is 22.4 Å². The fourth-order valence-electron chi connectivity index (χ4n) is 2.73. The number of thiazole rings is 1. The summed E-state index contributed by atoms with van der Waals surface area (Å²) in [7, 11) is 0. The predicted octanol–water partition coefficient (Wildman–Crippen LogP) is 6.01. The highest BCUT2D eigenvalue weighted by Crippen LogP contribution is 2.30. The molecule has 0 atom stereocenters. The molecule has 0 bridgehead atoms. The molecular weight excluding hydrogens is 427 g/mol. The van der Waals surface area contributed by atoms with Gasteiger partial charge in [0.2, 0.25) is 0 Å². The van der Waals surface area contributed by atoms with Crippen molar-refractivity contribution in [2.24, 2.45) is 0 Å². The lowest BCUT2D eigenvalue weighted by molar-refractivity contribution is 0.102. The van der Waals surface area contributed by atoms with Crippen LogP contribution in [0.4, 0.5) is 10.9 Å². The number of halogens is 2. The highest BCUT2D eigenvalue weighted by Gasteiger charge is 2.11. The number of nitrogens with two attached hydrogens (primary N) is 1. The topological polar surface area (TPSA) is 80.9 Å². The lowest BCUT2D eigenvalue weighted by atomic mass is 10.0. The molecule has 29 heavy (non-hydrogen) atoms. The maximum Gasteiger partial charge on any atom is 0.257 e. The Morgan fingerprint density at radius 1 is 0.931 bits per heavy atom. The monoisotopic (exact) mass is 440 g/mol. The van der Waals surface area contributed by atoms with Crippen molar-refractivity contribution in [3.05, 3.63) is 81.8 Å². The lowest BCUT2D eigenvalue weighted by Crippen LogP contribution is -2.11. The molecule has 0 spiro atoms. The molecule has 0 saturated heterocycles. The highest BCUT2D eigenvalue weighted by atomic mass is 35.5. The number of hydrogen-bond donors (Lipinski definition) is 2. The van der Waals surface area contributed by atoms with Crippen molar-refractivity contribution in [1.82, 2.24) is 9.97 Å². The Bertz CT molecular complexity index is 1190. The summed E-state index contributed by atoms with van der Waals surface area (Å²) in [6, 6.07) is 16.2. The average Bonchev–Trinajstić information content (AvgIpc) is 3.18. The fourth-order valence-corrected chi connectivity index (χ4v) is 3.74. The molecule has 0 aliphatic rings. The fraction of sp³-hybridized carbons (Fsp3) is 0. The number of nitrogens with one attached hydrogen (secondary N) is 1. The minimum absolute atomic E-state index is 0.235. The summed E-state index contributed by atoms with van der Waals surface area (Å²) in [6.45, 7) is 0. The normalized spacial score (nSPS) is 10.7. The van der Waals surface area contributed by atoms with Gasteiger partial charge in [-0.1, -0.05) is 41.4 Å². The van der Waals surface area contributed by atoms with E-state index in [1.54, 1.807) is 36.5 Å². The maximum atomic E-state index is 12.5. The minimum atomic E-state index is -0.235. The molecule has 1 amide bonds. The van der Waals surface area contributed by atoms with Crippen LogP contribution in [-0.2, 0) is 0 Å². The van der Waals surface area contributed by atoms with Crippen molar-refractivity contribution in [2.75, 3.05) is 11.1 Å². The van der Waals surface area contributed by atoms with Crippen LogP contribution in [0, 0.1) is 0 Å². The third-order valence-electron chi connectivity index (χ3n) is 4.20. The SMILES string of the molecule is Nc1cc(-c2ccc(C(=O)Nc3nc(-c4ccc(Cl)c(Cl)c4)cs3)cc2)ccn1. The van der Waals surface area contributed by atoms with Crippen LogP contribution >= 0.6 is 34.5 Å². The van der Waals surface area contributed by atoms with Crippen LogP contribution in [0.25, 0.3) is 22.4 Å². The molecule has 0 radical (unpaired) electrons. The van der Waals surface area contributed by atoms with Gasteiger partial charge in [0.1, 0.15) is 5.82 Å². The largest absolute Gasteiger partial charge is 0.384 e. The van der Waals surface area contributed by atoms with Gasteiger partial charge in [-0.05, 0) is 47.5 Å². The van der Waals surface area contributed by atoms with Crippen LogP contribution in [0.3, 0.4) is 0 Å². The number of nitrogen functional groups attached to an aromatic ring is 1. The van der Waals surface area contributed by atoms with E-state index in [-0.39, 0.29) is 5.91 Å². The first-order valence-corrected chi connectivity index (χ1v) is 10.2. The smallest absolute Gasteiger partial charge is 0.257 e. The second-order valence-corrected chi connectivity index (χ2v) is 7.84. The third kappa shape index (κ3) is 4.40. The van der Waals surface area contributed by atoms with Crippen molar-refractivity contribution in [3.63, 3.8) is 0 Å². The van der Waals surface area contributed by atoms with Gasteiger partial charge < -0.3 is 5.73 Å². The number of anilines is 2. The third-order valence-corrected chi connectivity index (χ3v) is 5.70. The number of rotatable bonds is 4. The maximum absolute atomic E-state index is 12.5. The Morgan fingerprint density at radius 2 is 1.69 bits per heavy atom. The quantitative estimate of drug-likeness (QED) is 0.406. The van der Waals surface area contributed by atoms with E-state index in [2.05, 4.69) is 15.3 Å². The van der Waals surface area contributed by atoms with E-state index in [4.69, 9.17) is 28.9 Å². The van der Waals surface area contributed by atoms with Crippen LogP contribution < -0.4 is 11.1 Å². The van der Waals surface area contributed by atoms with E-state index in [0.29, 0.717) is 26.6 Å². The Morgan fingerprint density at radius 3 is 2.41 bits per heavy atom. The Kier molecular flexibility index (Phi) is 5.49. The van der Waals surface area contributed by atoms with Gasteiger partial charge in [-0.2, -0.15) is 0 Å². The first kappa shape index (κ1) is 19.4. The predicted molar refractivity (Wildman–Crippen MR) is 120 cm³/mol. The molecule has 4 rings (SSSR count). The van der Waals surface area contributed by atoms with Gasteiger partial charge >= 0.3 is 0 Å². The number of hydrogen-bond acceptors (Lipinski definition) is 5. The molecule has 0 aliphatic heterocycles. The Balaban J connectivity index is 1.48. The lowest BCUT2D eigenvalue weighted by Gasteiger charge is -2.05. The molecule has 0 fully saturated rings. The van der Waals surface area contributed by atoms with Crippen LogP contribution in [0.2, 0.25) is 10.0 Å². The second-order valence-electron chi connectivity index (χ2n) is 6.17. The minimum Gasteiger partial charge on any atom is -0.384 e. The van der Waals surface area contributed by atoms with Gasteiger partial charge in [0.25, 0.3) is 5.91 Å². The summed E-state index contributed by atoms with van der Waals surface area (Å²) in [6.07, 6.45) is 1.65. The molecule has 2 aromatic heterocycles. The molecule has 144 valence electrons. The van der Waals surface area contributed by atoms with E-state index < -0.39 is 0 Å². The van der Waals surface area contributed by atoms with Crippen molar-refractivity contribution in [2.45, 2.75) is 0 Å². The van der Waals surface area contributed by atoms with Crippen molar-refractivity contribution in [1.29, 1.82) is 0 Å². The summed E-state index contributed by atoms with van der Waals surface area (Å²) in [5, 5.41) is 6.12. The molecule has 0 unspecified atom stereocenters. The number of pyridine rings is 1. The van der Waals surface area contributed by atoms with E-state index in [1.807, 2.05) is 29.6 Å². The molecule has 0 aliphatic carbocycles. The molecule has 3 N–H and O–H groups in total. The summed E-state index contributed by atoms with van der Waals surface area (Å²) in [5.74, 6) is 0.215. The molecule has 0 saturated carbocycles. The van der Waals surface area contributed by atoms with E-state index in [1.165, 1.54) is 11.3 Å². The summed E-state index contributed by atoms with van der Waals surface area (Å²) >= 11 is 13.4. The van der Waals surface area contributed by atoms with Gasteiger partial charge in [0, 0.05) is 22.7 Å². The first-order valence-electron chi connectivity index (χ1n) is 8.54. The number of carbonyl (C=O) groups excluding carboxylic acids is 1. The zero-order valence-corrected chi connectivity index (χ0v) is 17.2. The van der Waals surface area contributed by atoms with Crippen molar-refractivity contribution < 1.29 is 4.79 Å². The van der Waals surface area contributed by atoms with Gasteiger partial charge in [0.05, 0.1) is 15.7 Å². The van der Waals surface area contributed by atoms with Crippen LogP contribution in [0.5, 0.6) is 0 Å². The van der Waals surface area contributed by atoms with Crippen LogP contribution in [-0.4, -0.2) is 15.9 Å². The molecule has 2 heterocycles. The van der Waals surface area contributed by atoms with E-state index in [9.17, 15) is 4.79 Å². The standard InChI is InChI=1S/C21H14Cl2N4OS/c22-16-6-5-15(9-17(16)23)18-11-29-21(26-18)27-20(28)13-3-1-12(2-4-13)14-7-8-25-19(24)10-14/h1-11H,(H2,24,25)(H,26,27,28). The first-order chi connectivity index (χ1) is 14.0. The van der Waals surface area contributed by atoms with E-state index >= 15 is 0 Å². The number of benzene rings is 2. The number of nitrogens with zero attached hydrogens (tertiary/aromatic N) is 2. The molecule has 4 aromatic rings. The van der Waals surface area contributed by atoms with Gasteiger partial charge in [-0.15, -0.1) is 11.3 Å². The summed E-state index contributed by atoms with van der Waals surface area (Å²) < 4.78 is 0. The molecule has 8 heteroatoms. The Hall–Kier alpha value is -2.93. The zero-order valence-electron chi connectivity index (χ0n) is 14.9. The van der Waals surface area contributed by atoms with Crippen LogP contribution in [0.1, 0.15) is 10.4 Å². The van der Waals surface area contributed by atoms with Crippen molar-refractivity contribution in [3.8, 4) is 22.4 Å². The number of carbonyl (C=O) groups is 1. The van der Waals surface area contributed by atoms with Gasteiger partial charge in [-0.3, -0.25) is 10.1 Å². The molecular formula is C21H14Cl2N4OS. The highest BCUT2D eigenvalue weighted by molar-refractivity contribution is 7.14.